The predicted octanol–water partition coefficient (Wildman–Crippen LogP) is 1.59. The lowest BCUT2D eigenvalue weighted by Crippen LogP contribution is -2.20. The summed E-state index contributed by atoms with van der Waals surface area (Å²) in [6, 6.07) is 3.61. The molecule has 0 saturated heterocycles. The first-order valence-electron chi connectivity index (χ1n) is 5.48. The van der Waals surface area contributed by atoms with Crippen LogP contribution in [0.1, 0.15) is 11.1 Å². The highest BCUT2D eigenvalue weighted by Crippen LogP contribution is 2.37. The molecule has 1 aromatic carbocycles. The van der Waals surface area contributed by atoms with E-state index in [1.165, 1.54) is 0 Å². The summed E-state index contributed by atoms with van der Waals surface area (Å²) in [5, 5.41) is 17.1. The van der Waals surface area contributed by atoms with Gasteiger partial charge < -0.3 is 15.8 Å². The minimum atomic E-state index is -1.20. The van der Waals surface area contributed by atoms with Crippen LogP contribution < -0.4 is 5.73 Å². The number of fused-ring (bicyclic) bond motifs is 1. The fourth-order valence-electron chi connectivity index (χ4n) is 1.73. The number of aromatic amines is 1. The molecule has 0 saturated carbocycles. The lowest BCUT2D eigenvalue weighted by molar-refractivity contribution is -0.135. The summed E-state index contributed by atoms with van der Waals surface area (Å²) in [7, 11) is 0. The van der Waals surface area contributed by atoms with Crippen molar-refractivity contribution < 1.29 is 14.7 Å². The first-order valence-corrected chi connectivity index (χ1v) is 5.48. The van der Waals surface area contributed by atoms with Crippen molar-refractivity contribution in [3.63, 3.8) is 0 Å². The molecule has 1 heterocycles. The number of aromatic nitrogens is 1. The Hall–Kier alpha value is -2.70. The Morgan fingerprint density at radius 1 is 1.32 bits per heavy atom. The lowest BCUT2D eigenvalue weighted by atomic mass is 10.1. The van der Waals surface area contributed by atoms with E-state index >= 15 is 0 Å². The van der Waals surface area contributed by atoms with Gasteiger partial charge in [0.1, 0.15) is 0 Å². The zero-order valence-electron chi connectivity index (χ0n) is 10.4. The third-order valence-electron chi connectivity index (χ3n) is 2.91. The summed E-state index contributed by atoms with van der Waals surface area (Å²) in [5.41, 5.74) is 7.57. The van der Waals surface area contributed by atoms with Crippen LogP contribution >= 0.6 is 0 Å². The number of aromatic hydroxyl groups is 1. The van der Waals surface area contributed by atoms with E-state index in [4.69, 9.17) is 5.73 Å². The maximum atomic E-state index is 11.0. The van der Waals surface area contributed by atoms with Crippen molar-refractivity contribution in [2.24, 2.45) is 16.0 Å². The molecule has 0 aliphatic heterocycles. The van der Waals surface area contributed by atoms with Crippen LogP contribution in [0, 0.1) is 13.8 Å². The van der Waals surface area contributed by atoms with E-state index in [2.05, 4.69) is 15.2 Å². The van der Waals surface area contributed by atoms with Crippen LogP contribution in [-0.4, -0.2) is 21.9 Å². The Morgan fingerprint density at radius 2 is 2.00 bits per heavy atom. The van der Waals surface area contributed by atoms with Gasteiger partial charge in [-0.05, 0) is 25.0 Å². The van der Waals surface area contributed by atoms with Gasteiger partial charge in [-0.2, -0.15) is 0 Å². The highest BCUT2D eigenvalue weighted by molar-refractivity contribution is 6.34. The molecule has 7 heteroatoms. The number of nitrogens with one attached hydrogen (secondary N) is 1. The molecule has 2 rings (SSSR count). The quantitative estimate of drug-likeness (QED) is 0.533. The minimum Gasteiger partial charge on any atom is -0.493 e. The standard InChI is InChI=1S/C12H12N4O3/c1-5-3-4-7-8(6(5)2)14-11(18)9(7)15-16-12(19)10(13)17/h3-4,14,18H,1-2H3,(H2,13,17). The molecule has 0 atom stereocenters. The van der Waals surface area contributed by atoms with Gasteiger partial charge in [0.05, 0.1) is 5.52 Å². The monoisotopic (exact) mass is 260 g/mol. The fraction of sp³-hybridized carbons (Fsp3) is 0.167. The number of hydrogen-bond donors (Lipinski definition) is 3. The molecular formula is C12H12N4O3. The van der Waals surface area contributed by atoms with Crippen molar-refractivity contribution in [2.75, 3.05) is 0 Å². The molecule has 1 aromatic heterocycles. The zero-order valence-corrected chi connectivity index (χ0v) is 10.4. The van der Waals surface area contributed by atoms with Gasteiger partial charge in [0, 0.05) is 5.39 Å². The van der Waals surface area contributed by atoms with Crippen molar-refractivity contribution in [1.29, 1.82) is 0 Å². The molecule has 0 aliphatic rings. The normalized spacial score (nSPS) is 11.3. The Morgan fingerprint density at radius 3 is 2.63 bits per heavy atom. The van der Waals surface area contributed by atoms with Crippen LogP contribution in [0.15, 0.2) is 22.4 Å². The van der Waals surface area contributed by atoms with Crippen LogP contribution in [0.5, 0.6) is 5.88 Å². The molecule has 0 bridgehead atoms. The highest BCUT2D eigenvalue weighted by Gasteiger charge is 2.14. The second kappa shape index (κ2) is 4.52. The molecule has 7 nitrogen and oxygen atoms in total. The van der Waals surface area contributed by atoms with Crippen LogP contribution in [0.25, 0.3) is 10.9 Å². The molecule has 19 heavy (non-hydrogen) atoms. The second-order valence-corrected chi connectivity index (χ2v) is 4.12. The zero-order chi connectivity index (χ0) is 14.2. The number of carbonyl (C=O) groups is 2. The number of hydrogen-bond acceptors (Lipinski definition) is 4. The number of azo groups is 1. The highest BCUT2D eigenvalue weighted by atomic mass is 16.3. The molecule has 2 aromatic rings. The molecule has 0 spiro atoms. The van der Waals surface area contributed by atoms with Gasteiger partial charge in [0.25, 0.3) is 0 Å². The van der Waals surface area contributed by atoms with Crippen molar-refractivity contribution in [1.82, 2.24) is 4.98 Å². The number of nitrogens with zero attached hydrogens (tertiary/aromatic N) is 2. The van der Waals surface area contributed by atoms with Crippen LogP contribution in [-0.2, 0) is 9.59 Å². The van der Waals surface area contributed by atoms with E-state index in [1.54, 1.807) is 6.07 Å². The van der Waals surface area contributed by atoms with Crippen molar-refractivity contribution in [3.05, 3.63) is 23.3 Å². The maximum Gasteiger partial charge on any atom is 0.353 e. The molecule has 0 radical (unpaired) electrons. The third-order valence-corrected chi connectivity index (χ3v) is 2.91. The minimum absolute atomic E-state index is 0.104. The number of carbonyl (C=O) groups excluding carboxylic acids is 2. The number of H-pyrrole nitrogens is 1. The molecular weight excluding hydrogens is 248 g/mol. The van der Waals surface area contributed by atoms with Gasteiger partial charge in [0.2, 0.25) is 5.88 Å². The summed E-state index contributed by atoms with van der Waals surface area (Å²) < 4.78 is 0. The summed E-state index contributed by atoms with van der Waals surface area (Å²) >= 11 is 0. The summed E-state index contributed by atoms with van der Waals surface area (Å²) in [6.07, 6.45) is 0. The number of nitrogens with two attached hydrogens (primary N) is 1. The van der Waals surface area contributed by atoms with Gasteiger partial charge in [-0.3, -0.25) is 9.59 Å². The van der Waals surface area contributed by atoms with E-state index in [9.17, 15) is 14.7 Å². The number of benzene rings is 1. The molecule has 98 valence electrons. The Kier molecular flexibility index (Phi) is 3.04. The SMILES string of the molecule is Cc1ccc2c(N=NC(=O)C(N)=O)c(O)[nH]c2c1C. The van der Waals surface area contributed by atoms with Crippen molar-refractivity contribution >= 4 is 28.4 Å². The van der Waals surface area contributed by atoms with Gasteiger partial charge >= 0.3 is 11.8 Å². The fourth-order valence-corrected chi connectivity index (χ4v) is 1.73. The van der Waals surface area contributed by atoms with Crippen molar-refractivity contribution in [2.45, 2.75) is 13.8 Å². The summed E-state index contributed by atoms with van der Waals surface area (Å²) in [5.74, 6) is -2.59. The van der Waals surface area contributed by atoms with E-state index in [0.717, 1.165) is 11.1 Å². The third kappa shape index (κ3) is 2.17. The smallest absolute Gasteiger partial charge is 0.353 e. The number of rotatable bonds is 1. The first kappa shape index (κ1) is 12.7. The van der Waals surface area contributed by atoms with Crippen molar-refractivity contribution in [3.8, 4) is 5.88 Å². The second-order valence-electron chi connectivity index (χ2n) is 4.12. The van der Waals surface area contributed by atoms with Gasteiger partial charge in [-0.25, -0.2) is 0 Å². The summed E-state index contributed by atoms with van der Waals surface area (Å²) in [4.78, 5) is 24.3. The molecule has 0 aliphatic carbocycles. The van der Waals surface area contributed by atoms with E-state index in [0.29, 0.717) is 10.9 Å². The van der Waals surface area contributed by atoms with Crippen LogP contribution in [0.4, 0.5) is 5.69 Å². The number of aryl methyl sites for hydroxylation is 2. The Balaban J connectivity index is 2.56. The largest absolute Gasteiger partial charge is 0.493 e. The number of amides is 2. The van der Waals surface area contributed by atoms with Gasteiger partial charge in [-0.1, -0.05) is 12.1 Å². The predicted molar refractivity (Wildman–Crippen MR) is 68.2 cm³/mol. The van der Waals surface area contributed by atoms with E-state index in [1.807, 2.05) is 19.9 Å². The Bertz CT molecular complexity index is 715. The Labute approximate surface area is 108 Å². The van der Waals surface area contributed by atoms with Crippen LogP contribution in [0.2, 0.25) is 0 Å². The van der Waals surface area contributed by atoms with Gasteiger partial charge in [0.15, 0.2) is 5.69 Å². The van der Waals surface area contributed by atoms with Crippen LogP contribution in [0.3, 0.4) is 0 Å². The van der Waals surface area contributed by atoms with E-state index in [-0.39, 0.29) is 11.6 Å². The molecule has 0 unspecified atom stereocenters. The number of primary amides is 1. The maximum absolute atomic E-state index is 11.0. The van der Waals surface area contributed by atoms with E-state index < -0.39 is 11.8 Å². The molecule has 4 N–H and O–H groups in total. The average molecular weight is 260 g/mol. The molecule has 2 amide bonds. The first-order chi connectivity index (χ1) is 8.91. The summed E-state index contributed by atoms with van der Waals surface area (Å²) in [6.45, 7) is 3.83. The topological polar surface area (TPSA) is 121 Å². The van der Waals surface area contributed by atoms with Gasteiger partial charge in [-0.15, -0.1) is 10.2 Å². The molecule has 0 fully saturated rings. The average Bonchev–Trinajstić information content (AvgIpc) is 2.68. The lowest BCUT2D eigenvalue weighted by Gasteiger charge is -2.00.